The highest BCUT2D eigenvalue weighted by atomic mass is 32.2. The molecule has 2 rings (SSSR count). The lowest BCUT2D eigenvalue weighted by molar-refractivity contribution is -0.118. The van der Waals surface area contributed by atoms with Crippen LogP contribution in [0.5, 0.6) is 11.5 Å². The van der Waals surface area contributed by atoms with Crippen LogP contribution in [0.3, 0.4) is 0 Å². The van der Waals surface area contributed by atoms with Crippen LogP contribution in [0.4, 0.5) is 5.69 Å². The lowest BCUT2D eigenvalue weighted by Gasteiger charge is -2.21. The molecule has 0 radical (unpaired) electrons. The fourth-order valence-corrected chi connectivity index (χ4v) is 4.27. The number of amides is 1. The van der Waals surface area contributed by atoms with Gasteiger partial charge in [0.25, 0.3) is 5.91 Å². The molecule has 2 N–H and O–H groups in total. The van der Waals surface area contributed by atoms with E-state index in [0.29, 0.717) is 11.5 Å². The second kappa shape index (κ2) is 9.77. The number of nitrogens with one attached hydrogen (secondary N) is 2. The van der Waals surface area contributed by atoms with Gasteiger partial charge < -0.3 is 14.8 Å². The van der Waals surface area contributed by atoms with Crippen LogP contribution >= 0.6 is 0 Å². The predicted molar refractivity (Wildman–Crippen MR) is 118 cm³/mol. The fraction of sp³-hybridized carbons (Fsp3) is 0.318. The summed E-state index contributed by atoms with van der Waals surface area (Å²) in [6.45, 7) is 6.84. The Kier molecular flexibility index (Phi) is 7.64. The van der Waals surface area contributed by atoms with Crippen LogP contribution in [0.15, 0.2) is 53.4 Å². The summed E-state index contributed by atoms with van der Waals surface area (Å²) in [6, 6.07) is 11.6. The van der Waals surface area contributed by atoms with E-state index in [9.17, 15) is 13.2 Å². The smallest absolute Gasteiger partial charge is 0.262 e. The predicted octanol–water partition coefficient (Wildman–Crippen LogP) is 3.82. The van der Waals surface area contributed by atoms with Gasteiger partial charge in [-0.2, -0.15) is 0 Å². The number of carbonyl (C=O) groups excluding carboxylic acids is 1. The minimum absolute atomic E-state index is 0.0124. The molecule has 0 spiro atoms. The van der Waals surface area contributed by atoms with E-state index < -0.39 is 21.5 Å². The molecule has 8 heteroatoms. The Hall–Kier alpha value is -2.84. The van der Waals surface area contributed by atoms with Crippen molar-refractivity contribution >= 4 is 27.7 Å². The number of rotatable bonds is 8. The van der Waals surface area contributed by atoms with Crippen LogP contribution in [0, 0.1) is 0 Å². The Balaban J connectivity index is 2.13. The fourth-order valence-electron chi connectivity index (χ4n) is 2.69. The molecule has 0 bridgehead atoms. The zero-order chi connectivity index (χ0) is 22.4. The largest absolute Gasteiger partial charge is 0.493 e. The van der Waals surface area contributed by atoms with E-state index in [-0.39, 0.29) is 17.2 Å². The number of methoxy groups -OCH3 is 1. The molecule has 0 saturated carbocycles. The van der Waals surface area contributed by atoms with E-state index >= 15 is 0 Å². The molecule has 1 amide bonds. The maximum absolute atomic E-state index is 12.7. The van der Waals surface area contributed by atoms with Gasteiger partial charge >= 0.3 is 0 Å². The van der Waals surface area contributed by atoms with Crippen molar-refractivity contribution in [3.05, 3.63) is 54.1 Å². The third kappa shape index (κ3) is 6.60. The summed E-state index contributed by atoms with van der Waals surface area (Å²) in [5.74, 6) is 0.417. The van der Waals surface area contributed by atoms with E-state index in [1.807, 2.05) is 25.1 Å². The Morgan fingerprint density at radius 2 is 1.80 bits per heavy atom. The minimum Gasteiger partial charge on any atom is -0.493 e. The summed E-state index contributed by atoms with van der Waals surface area (Å²) in [6.07, 6.45) is 3.82. The maximum atomic E-state index is 12.7. The molecule has 162 valence electrons. The summed E-state index contributed by atoms with van der Waals surface area (Å²) in [7, 11) is -2.30. The third-order valence-electron chi connectivity index (χ3n) is 3.80. The average molecular weight is 433 g/mol. The molecule has 30 heavy (non-hydrogen) atoms. The van der Waals surface area contributed by atoms with E-state index in [1.54, 1.807) is 45.0 Å². The number of ether oxygens (including phenoxy) is 2. The van der Waals surface area contributed by atoms with Gasteiger partial charge in [0, 0.05) is 5.54 Å². The average Bonchev–Trinajstić information content (AvgIpc) is 2.65. The molecule has 0 fully saturated rings. The molecule has 0 saturated heterocycles. The molecule has 0 heterocycles. The van der Waals surface area contributed by atoms with Crippen LogP contribution in [0.25, 0.3) is 6.08 Å². The Morgan fingerprint density at radius 1 is 1.10 bits per heavy atom. The standard InChI is InChI=1S/C22H28N2O5S/c1-6-9-16-12-13-18(19(14-16)28-5)29-15-21(25)23-17-10-7-8-11-20(17)30(26,27)24-22(2,3)4/h6-14,24H,15H2,1-5H3,(H,23,25)/b9-6+. The Bertz CT molecular complexity index is 1020. The molecule has 0 atom stereocenters. The van der Waals surface area contributed by atoms with Gasteiger partial charge in [0.2, 0.25) is 10.0 Å². The van der Waals surface area contributed by atoms with Gasteiger partial charge in [0.15, 0.2) is 18.1 Å². The monoisotopic (exact) mass is 432 g/mol. The van der Waals surface area contributed by atoms with Crippen LogP contribution in [-0.4, -0.2) is 33.6 Å². The molecular weight excluding hydrogens is 404 g/mol. The number of para-hydroxylation sites is 1. The molecule has 2 aromatic carbocycles. The summed E-state index contributed by atoms with van der Waals surface area (Å²) in [5, 5.41) is 2.61. The highest BCUT2D eigenvalue weighted by Gasteiger charge is 2.25. The molecule has 0 aromatic heterocycles. The Morgan fingerprint density at radius 3 is 2.43 bits per heavy atom. The van der Waals surface area contributed by atoms with Crippen molar-refractivity contribution in [3.8, 4) is 11.5 Å². The number of sulfonamides is 1. The van der Waals surface area contributed by atoms with Gasteiger partial charge in [0.1, 0.15) is 4.90 Å². The first-order chi connectivity index (χ1) is 14.1. The maximum Gasteiger partial charge on any atom is 0.262 e. The normalized spacial score (nSPS) is 12.0. The van der Waals surface area contributed by atoms with Gasteiger partial charge in [-0.15, -0.1) is 0 Å². The number of benzene rings is 2. The lowest BCUT2D eigenvalue weighted by atomic mass is 10.1. The number of hydrogen-bond donors (Lipinski definition) is 2. The molecular formula is C22H28N2O5S. The number of carbonyl (C=O) groups is 1. The van der Waals surface area contributed by atoms with Gasteiger partial charge in [-0.05, 0) is 57.5 Å². The van der Waals surface area contributed by atoms with Crippen LogP contribution in [0.2, 0.25) is 0 Å². The van der Waals surface area contributed by atoms with Crippen molar-refractivity contribution < 1.29 is 22.7 Å². The zero-order valence-electron chi connectivity index (χ0n) is 17.9. The summed E-state index contributed by atoms with van der Waals surface area (Å²) >= 11 is 0. The van der Waals surface area contributed by atoms with Gasteiger partial charge in [0.05, 0.1) is 12.8 Å². The summed E-state index contributed by atoms with van der Waals surface area (Å²) in [5.41, 5.74) is 0.462. The molecule has 0 aliphatic carbocycles. The highest BCUT2D eigenvalue weighted by molar-refractivity contribution is 7.89. The van der Waals surface area contributed by atoms with Crippen LogP contribution in [0.1, 0.15) is 33.3 Å². The summed E-state index contributed by atoms with van der Waals surface area (Å²) in [4.78, 5) is 12.4. The number of anilines is 1. The second-order valence-corrected chi connectivity index (χ2v) is 9.25. The number of hydrogen-bond acceptors (Lipinski definition) is 5. The van der Waals surface area contributed by atoms with Crippen molar-refractivity contribution in [1.82, 2.24) is 4.72 Å². The van der Waals surface area contributed by atoms with Crippen molar-refractivity contribution in [1.29, 1.82) is 0 Å². The minimum atomic E-state index is -3.81. The van der Waals surface area contributed by atoms with Crippen molar-refractivity contribution in [2.75, 3.05) is 19.0 Å². The van der Waals surface area contributed by atoms with E-state index in [2.05, 4.69) is 10.0 Å². The molecule has 0 unspecified atom stereocenters. The van der Waals surface area contributed by atoms with Crippen LogP contribution in [-0.2, 0) is 14.8 Å². The Labute approximate surface area is 178 Å². The SMILES string of the molecule is C/C=C/c1ccc(OCC(=O)Nc2ccccc2S(=O)(=O)NC(C)(C)C)c(OC)c1. The topological polar surface area (TPSA) is 93.7 Å². The molecule has 7 nitrogen and oxygen atoms in total. The van der Waals surface area contributed by atoms with E-state index in [4.69, 9.17) is 9.47 Å². The van der Waals surface area contributed by atoms with E-state index in [1.165, 1.54) is 19.2 Å². The van der Waals surface area contributed by atoms with Crippen molar-refractivity contribution in [2.45, 2.75) is 38.1 Å². The van der Waals surface area contributed by atoms with Crippen molar-refractivity contribution in [3.63, 3.8) is 0 Å². The zero-order valence-corrected chi connectivity index (χ0v) is 18.7. The first kappa shape index (κ1) is 23.4. The first-order valence-electron chi connectivity index (χ1n) is 9.42. The van der Waals surface area contributed by atoms with Gasteiger partial charge in [-0.25, -0.2) is 13.1 Å². The van der Waals surface area contributed by atoms with Gasteiger partial charge in [-0.1, -0.05) is 30.4 Å². The third-order valence-corrected chi connectivity index (χ3v) is 5.61. The van der Waals surface area contributed by atoms with Crippen LogP contribution < -0.4 is 19.5 Å². The highest BCUT2D eigenvalue weighted by Crippen LogP contribution is 2.29. The molecule has 0 aliphatic rings. The molecule has 2 aromatic rings. The second-order valence-electron chi connectivity index (χ2n) is 7.60. The lowest BCUT2D eigenvalue weighted by Crippen LogP contribution is -2.40. The first-order valence-corrected chi connectivity index (χ1v) is 10.9. The number of allylic oxidation sites excluding steroid dienone is 1. The summed E-state index contributed by atoms with van der Waals surface area (Å²) < 4.78 is 38.8. The van der Waals surface area contributed by atoms with Gasteiger partial charge in [-0.3, -0.25) is 4.79 Å². The van der Waals surface area contributed by atoms with E-state index in [0.717, 1.165) is 5.56 Å². The molecule has 0 aliphatic heterocycles. The quantitative estimate of drug-likeness (QED) is 0.661. The van der Waals surface area contributed by atoms with Crippen molar-refractivity contribution in [2.24, 2.45) is 0 Å².